The van der Waals surface area contributed by atoms with Crippen LogP contribution in [0, 0.1) is 0 Å². The van der Waals surface area contributed by atoms with Crippen LogP contribution in [0.25, 0.3) is 0 Å². The fourth-order valence-electron chi connectivity index (χ4n) is 3.84. The number of allylic oxidation sites excluding steroid dienone is 3. The minimum atomic E-state index is -0.430. The molecule has 1 aliphatic carbocycles. The molecule has 28 heavy (non-hydrogen) atoms. The number of ketones is 1. The third-order valence-electron chi connectivity index (χ3n) is 5.24. The number of benzene rings is 1. The summed E-state index contributed by atoms with van der Waals surface area (Å²) in [7, 11) is 1.61. The number of methoxy groups -OCH3 is 1. The SMILES string of the molecule is CCCCOC(=O)C1=C(C)NC2=C(C(=O)CCC2)[C@@H]1c1ccc(OC)c(Br)c1. The summed E-state index contributed by atoms with van der Waals surface area (Å²) in [6.45, 7) is 4.31. The average molecular weight is 448 g/mol. The second-order valence-corrected chi connectivity index (χ2v) is 8.00. The molecule has 1 aromatic carbocycles. The number of dihydropyridines is 1. The van der Waals surface area contributed by atoms with E-state index in [2.05, 4.69) is 28.2 Å². The van der Waals surface area contributed by atoms with Gasteiger partial charge in [0.05, 0.1) is 23.8 Å². The number of hydrogen-bond acceptors (Lipinski definition) is 5. The monoisotopic (exact) mass is 447 g/mol. The van der Waals surface area contributed by atoms with Gasteiger partial charge in [-0.25, -0.2) is 4.79 Å². The normalized spacial score (nSPS) is 19.3. The molecule has 3 rings (SSSR count). The van der Waals surface area contributed by atoms with E-state index in [1.54, 1.807) is 7.11 Å². The number of halogens is 1. The maximum absolute atomic E-state index is 13.0. The van der Waals surface area contributed by atoms with Crippen LogP contribution in [-0.4, -0.2) is 25.5 Å². The lowest BCUT2D eigenvalue weighted by molar-refractivity contribution is -0.139. The minimum Gasteiger partial charge on any atom is -0.496 e. The summed E-state index contributed by atoms with van der Waals surface area (Å²) in [4.78, 5) is 25.8. The van der Waals surface area contributed by atoms with Crippen molar-refractivity contribution in [1.82, 2.24) is 5.32 Å². The maximum Gasteiger partial charge on any atom is 0.336 e. The highest BCUT2D eigenvalue weighted by molar-refractivity contribution is 9.10. The molecule has 0 unspecified atom stereocenters. The van der Waals surface area contributed by atoms with Gasteiger partial charge in [0, 0.05) is 29.3 Å². The van der Waals surface area contributed by atoms with E-state index in [1.807, 2.05) is 25.1 Å². The summed E-state index contributed by atoms with van der Waals surface area (Å²) in [5.41, 5.74) is 3.76. The number of rotatable bonds is 6. The Balaban J connectivity index is 2.07. The molecule has 0 fully saturated rings. The Morgan fingerprint density at radius 3 is 2.79 bits per heavy atom. The van der Waals surface area contributed by atoms with Crippen molar-refractivity contribution in [2.45, 2.75) is 51.9 Å². The first-order chi connectivity index (χ1) is 13.5. The van der Waals surface area contributed by atoms with Crippen LogP contribution in [0.2, 0.25) is 0 Å². The van der Waals surface area contributed by atoms with Gasteiger partial charge in [0.1, 0.15) is 5.75 Å². The number of esters is 1. The molecule has 0 bridgehead atoms. The molecule has 2 aliphatic rings. The average Bonchev–Trinajstić information content (AvgIpc) is 2.67. The van der Waals surface area contributed by atoms with Gasteiger partial charge >= 0.3 is 5.97 Å². The molecule has 1 heterocycles. The third-order valence-corrected chi connectivity index (χ3v) is 5.86. The predicted molar refractivity (Wildman–Crippen MR) is 111 cm³/mol. The molecule has 6 heteroatoms. The van der Waals surface area contributed by atoms with Crippen LogP contribution in [0.1, 0.15) is 57.4 Å². The zero-order valence-electron chi connectivity index (χ0n) is 16.6. The lowest BCUT2D eigenvalue weighted by Gasteiger charge is -2.34. The molecule has 150 valence electrons. The van der Waals surface area contributed by atoms with Crippen LogP contribution < -0.4 is 10.1 Å². The fraction of sp³-hybridized carbons (Fsp3) is 0.455. The first-order valence-electron chi connectivity index (χ1n) is 9.72. The molecule has 0 aromatic heterocycles. The summed E-state index contributed by atoms with van der Waals surface area (Å²) in [6, 6.07) is 5.69. The van der Waals surface area contributed by atoms with Crippen LogP contribution >= 0.6 is 15.9 Å². The Kier molecular flexibility index (Phi) is 6.60. The van der Waals surface area contributed by atoms with E-state index >= 15 is 0 Å². The van der Waals surface area contributed by atoms with E-state index in [9.17, 15) is 9.59 Å². The van der Waals surface area contributed by atoms with Gasteiger partial charge in [-0.2, -0.15) is 0 Å². The van der Waals surface area contributed by atoms with Crippen molar-refractivity contribution in [2.24, 2.45) is 0 Å². The van der Waals surface area contributed by atoms with Crippen molar-refractivity contribution < 1.29 is 19.1 Å². The topological polar surface area (TPSA) is 64.6 Å². The molecule has 0 amide bonds. The van der Waals surface area contributed by atoms with E-state index in [0.717, 1.165) is 47.1 Å². The van der Waals surface area contributed by atoms with Crippen LogP contribution in [0.3, 0.4) is 0 Å². The molecule has 0 spiro atoms. The second-order valence-electron chi connectivity index (χ2n) is 7.15. The zero-order chi connectivity index (χ0) is 20.3. The van der Waals surface area contributed by atoms with Gasteiger partial charge in [-0.15, -0.1) is 0 Å². The van der Waals surface area contributed by atoms with Gasteiger partial charge in [0.25, 0.3) is 0 Å². The van der Waals surface area contributed by atoms with Crippen molar-refractivity contribution >= 4 is 27.7 Å². The highest BCUT2D eigenvalue weighted by Gasteiger charge is 2.39. The van der Waals surface area contributed by atoms with E-state index < -0.39 is 5.92 Å². The van der Waals surface area contributed by atoms with Crippen LogP contribution in [0.15, 0.2) is 45.2 Å². The standard InChI is InChI=1S/C22H26BrNO4/c1-4-5-11-28-22(26)19-13(2)24-16-7-6-8-17(25)21(16)20(19)14-9-10-18(27-3)15(23)12-14/h9-10,12,20,24H,4-8,11H2,1-3H3/t20-/m1/s1. The van der Waals surface area contributed by atoms with Crippen LogP contribution in [0.4, 0.5) is 0 Å². The number of nitrogens with one attached hydrogen (secondary N) is 1. The van der Waals surface area contributed by atoms with Crippen molar-refractivity contribution in [3.05, 3.63) is 50.8 Å². The molecule has 5 nitrogen and oxygen atoms in total. The summed E-state index contributed by atoms with van der Waals surface area (Å²) >= 11 is 3.53. The molecule has 1 atom stereocenters. The Labute approximate surface area is 174 Å². The molecule has 0 radical (unpaired) electrons. The van der Waals surface area contributed by atoms with Gasteiger partial charge in [-0.3, -0.25) is 4.79 Å². The fourth-order valence-corrected chi connectivity index (χ4v) is 4.39. The zero-order valence-corrected chi connectivity index (χ0v) is 18.1. The Hall–Kier alpha value is -2.08. The number of ether oxygens (including phenoxy) is 2. The van der Waals surface area contributed by atoms with Crippen molar-refractivity contribution in [1.29, 1.82) is 0 Å². The molecule has 1 aliphatic heterocycles. The molecule has 0 saturated heterocycles. The van der Waals surface area contributed by atoms with Gasteiger partial charge in [0.15, 0.2) is 5.78 Å². The number of Topliss-reactive ketones (excluding diaryl/α,β-unsaturated/α-hetero) is 1. The van der Waals surface area contributed by atoms with Crippen molar-refractivity contribution in [3.8, 4) is 5.75 Å². The molecular weight excluding hydrogens is 422 g/mol. The lowest BCUT2D eigenvalue weighted by atomic mass is 9.75. The first-order valence-corrected chi connectivity index (χ1v) is 10.5. The number of unbranched alkanes of at least 4 members (excludes halogenated alkanes) is 1. The van der Waals surface area contributed by atoms with Gasteiger partial charge in [0.2, 0.25) is 0 Å². The van der Waals surface area contributed by atoms with E-state index in [1.165, 1.54) is 0 Å². The summed E-state index contributed by atoms with van der Waals surface area (Å²) in [5, 5.41) is 3.31. The van der Waals surface area contributed by atoms with E-state index in [4.69, 9.17) is 9.47 Å². The molecular formula is C22H26BrNO4. The molecule has 1 N–H and O–H groups in total. The summed E-state index contributed by atoms with van der Waals surface area (Å²) in [6.07, 6.45) is 3.91. The predicted octanol–water partition coefficient (Wildman–Crippen LogP) is 4.77. The third kappa shape index (κ3) is 4.02. The maximum atomic E-state index is 13.0. The Morgan fingerprint density at radius 1 is 1.32 bits per heavy atom. The minimum absolute atomic E-state index is 0.0945. The second kappa shape index (κ2) is 8.95. The first kappa shape index (κ1) is 20.6. The van der Waals surface area contributed by atoms with Crippen LogP contribution in [0.5, 0.6) is 5.75 Å². The number of carbonyl (C=O) groups excluding carboxylic acids is 2. The van der Waals surface area contributed by atoms with E-state index in [0.29, 0.717) is 29.9 Å². The highest BCUT2D eigenvalue weighted by atomic mass is 79.9. The van der Waals surface area contributed by atoms with Gasteiger partial charge in [-0.1, -0.05) is 19.4 Å². The largest absolute Gasteiger partial charge is 0.496 e. The smallest absolute Gasteiger partial charge is 0.336 e. The molecule has 0 saturated carbocycles. The van der Waals surface area contributed by atoms with E-state index in [-0.39, 0.29) is 11.8 Å². The van der Waals surface area contributed by atoms with Crippen LogP contribution in [-0.2, 0) is 14.3 Å². The number of hydrogen-bond donors (Lipinski definition) is 1. The lowest BCUT2D eigenvalue weighted by Crippen LogP contribution is -2.34. The summed E-state index contributed by atoms with van der Waals surface area (Å²) < 4.78 is 11.6. The van der Waals surface area contributed by atoms with Crippen molar-refractivity contribution in [2.75, 3.05) is 13.7 Å². The number of carbonyl (C=O) groups is 2. The van der Waals surface area contributed by atoms with Crippen molar-refractivity contribution in [3.63, 3.8) is 0 Å². The van der Waals surface area contributed by atoms with Gasteiger partial charge < -0.3 is 14.8 Å². The van der Waals surface area contributed by atoms with Gasteiger partial charge in [-0.05, 0) is 59.8 Å². The summed E-state index contributed by atoms with van der Waals surface area (Å²) in [5.74, 6) is 0.00683. The molecule has 1 aromatic rings. The quantitative estimate of drug-likeness (QED) is 0.502. The Morgan fingerprint density at radius 2 is 2.11 bits per heavy atom. The Bertz CT molecular complexity index is 856. The highest BCUT2D eigenvalue weighted by Crippen LogP contribution is 2.43.